The number of hydrogen-bond acceptors (Lipinski definition) is 3. The third-order valence-corrected chi connectivity index (χ3v) is 16.4. The molecule has 10 aromatic rings. The zero-order chi connectivity index (χ0) is 40.0. The van der Waals surface area contributed by atoms with Gasteiger partial charge in [0.2, 0.25) is 0 Å². The van der Waals surface area contributed by atoms with Gasteiger partial charge in [-0.2, -0.15) is 11.3 Å². The molecule has 0 aliphatic rings. The molecule has 0 spiro atoms. The van der Waals surface area contributed by atoms with Crippen LogP contribution in [0.25, 0.3) is 81.4 Å². The van der Waals surface area contributed by atoms with Crippen molar-refractivity contribution in [3.05, 3.63) is 182 Å². The topological polar surface area (TPSA) is 30.7 Å². The molecule has 59 heavy (non-hydrogen) atoms. The van der Waals surface area contributed by atoms with Crippen LogP contribution in [0.2, 0.25) is 17.3 Å². The Hall–Kier alpha value is -5.17. The van der Waals surface area contributed by atoms with Gasteiger partial charge in [0.15, 0.2) is 0 Å². The Labute approximate surface area is 367 Å². The molecule has 0 aliphatic carbocycles. The maximum absolute atomic E-state index is 5.45. The van der Waals surface area contributed by atoms with Crippen LogP contribution >= 0.6 is 11.3 Å². The van der Waals surface area contributed by atoms with Crippen molar-refractivity contribution in [1.82, 2.24) is 14.5 Å². The van der Waals surface area contributed by atoms with Crippen LogP contribution in [0.4, 0.5) is 0 Å². The average Bonchev–Trinajstić information content (AvgIpc) is 3.83. The van der Waals surface area contributed by atoms with Crippen LogP contribution in [0, 0.1) is 12.1 Å². The van der Waals surface area contributed by atoms with Crippen LogP contribution in [0.3, 0.4) is 0 Å². The minimum Gasteiger partial charge on any atom is 0 e. The monoisotopic (exact) mass is 1020 g/mol. The number of thiophene rings is 1. The fraction of sp³-hybridized carbons (Fsp3) is 0.132. The molecule has 3 nitrogen and oxygen atoms in total. The summed E-state index contributed by atoms with van der Waals surface area (Å²) in [5, 5.41) is 4.88. The molecule has 3 aromatic heterocycles. The molecule has 10 rings (SSSR count). The van der Waals surface area contributed by atoms with Gasteiger partial charge in [0.05, 0.1) is 16.9 Å². The smallest absolute Gasteiger partial charge is 0 e. The quantitative estimate of drug-likeness (QED) is 0.127. The molecule has 0 saturated heterocycles. The van der Waals surface area contributed by atoms with Gasteiger partial charge in [-0.05, 0) is 56.3 Å². The number of benzene rings is 7. The van der Waals surface area contributed by atoms with E-state index in [-0.39, 0.29) is 25.5 Å². The van der Waals surface area contributed by atoms with E-state index in [0.29, 0.717) is 0 Å². The van der Waals surface area contributed by atoms with E-state index >= 15 is 0 Å². The molecule has 7 aromatic carbocycles. The standard InChI is InChI=1S/C39H29N2S.C14H16GeN.Ir/c1-39(2,3)27-21-23-33(32(24-27)25-12-5-4-6-13-25)41-34-22-20-26-14-7-8-15-28(26)36(34)40-38(41)31-18-11-17-30-29-16-9-10-19-35(29)42-37(30)31;1-15(2,3)13-9-10-14(16-11-13)12-7-5-4-6-8-12;/h4-17,19-24H,1-3H3;4-7,9-11H,1-3H3;/q2*-1;. The maximum atomic E-state index is 5.45. The van der Waals surface area contributed by atoms with E-state index < -0.39 is 13.3 Å². The van der Waals surface area contributed by atoms with Crippen molar-refractivity contribution in [2.45, 2.75) is 43.5 Å². The fourth-order valence-corrected chi connectivity index (χ4v) is 11.0. The van der Waals surface area contributed by atoms with Crippen LogP contribution in [-0.2, 0) is 25.5 Å². The summed E-state index contributed by atoms with van der Waals surface area (Å²) >= 11 is 0.106. The molecular formula is C53H45GeIrN3S-2. The molecule has 0 amide bonds. The average molecular weight is 1020 g/mol. The van der Waals surface area contributed by atoms with Gasteiger partial charge in [-0.3, -0.25) is 4.98 Å². The Kier molecular flexibility index (Phi) is 11.3. The van der Waals surface area contributed by atoms with Gasteiger partial charge in [-0.15, -0.1) is 18.2 Å². The molecule has 293 valence electrons. The molecule has 0 aliphatic heterocycles. The summed E-state index contributed by atoms with van der Waals surface area (Å²) in [5.74, 6) is 8.06. The van der Waals surface area contributed by atoms with Crippen LogP contribution in [0.1, 0.15) is 26.3 Å². The number of rotatable bonds is 5. The van der Waals surface area contributed by atoms with Crippen molar-refractivity contribution in [2.24, 2.45) is 0 Å². The van der Waals surface area contributed by atoms with Crippen LogP contribution in [-0.4, -0.2) is 27.8 Å². The molecule has 0 bridgehead atoms. The molecule has 0 atom stereocenters. The van der Waals surface area contributed by atoms with Crippen molar-refractivity contribution in [3.8, 4) is 39.5 Å². The molecular weight excluding hydrogens is 975 g/mol. The first-order valence-corrected chi connectivity index (χ1v) is 28.1. The van der Waals surface area contributed by atoms with Crippen molar-refractivity contribution in [1.29, 1.82) is 0 Å². The number of aromatic nitrogens is 3. The summed E-state index contributed by atoms with van der Waals surface area (Å²) in [6, 6.07) is 62.7. The van der Waals surface area contributed by atoms with Crippen molar-refractivity contribution >= 4 is 71.0 Å². The van der Waals surface area contributed by atoms with Crippen LogP contribution < -0.4 is 4.40 Å². The predicted molar refractivity (Wildman–Crippen MR) is 251 cm³/mol. The molecule has 6 heteroatoms. The van der Waals surface area contributed by atoms with Gasteiger partial charge in [0, 0.05) is 41.4 Å². The summed E-state index contributed by atoms with van der Waals surface area (Å²) in [7, 11) is 0. The summed E-state index contributed by atoms with van der Waals surface area (Å²) < 4.78 is 6.31. The molecule has 1 radical (unpaired) electrons. The second kappa shape index (κ2) is 16.5. The second-order valence-electron chi connectivity index (χ2n) is 16.9. The van der Waals surface area contributed by atoms with Crippen molar-refractivity contribution in [2.75, 3.05) is 0 Å². The van der Waals surface area contributed by atoms with Crippen LogP contribution in [0.15, 0.2) is 164 Å². The van der Waals surface area contributed by atoms with E-state index in [4.69, 9.17) is 4.98 Å². The first-order chi connectivity index (χ1) is 28.0. The number of hydrogen-bond donors (Lipinski definition) is 0. The van der Waals surface area contributed by atoms with Crippen molar-refractivity contribution in [3.63, 3.8) is 0 Å². The second-order valence-corrected chi connectivity index (χ2v) is 28.6. The normalized spacial score (nSPS) is 11.8. The largest absolute Gasteiger partial charge is 0 e. The molecule has 0 N–H and O–H groups in total. The predicted octanol–water partition coefficient (Wildman–Crippen LogP) is 14.1. The van der Waals surface area contributed by atoms with Gasteiger partial charge < -0.3 is 4.57 Å². The number of fused-ring (bicyclic) bond motifs is 6. The van der Waals surface area contributed by atoms with Crippen LogP contribution in [0.5, 0.6) is 0 Å². The van der Waals surface area contributed by atoms with E-state index in [1.807, 2.05) is 41.8 Å². The molecule has 0 fully saturated rings. The van der Waals surface area contributed by atoms with Gasteiger partial charge >= 0.3 is 99.8 Å². The summed E-state index contributed by atoms with van der Waals surface area (Å²) in [4.78, 5) is 9.98. The first-order valence-electron chi connectivity index (χ1n) is 19.9. The minimum atomic E-state index is -1.72. The SMILES string of the molecule is CC(C)(C)c1ccc(-n2c(-c3[c-]ccc4c3sc3ccccc34)nc3c4ccccc4ccc32)c(-c2ccccc2)c1.[CH3][Ge]([CH3])([CH3])[c]1ccc(-c2[c-]cccc2)nc1.[Ir]. The summed E-state index contributed by atoms with van der Waals surface area (Å²) in [6.45, 7) is 6.83. The molecule has 0 unspecified atom stereocenters. The molecule has 3 heterocycles. The van der Waals surface area contributed by atoms with E-state index in [2.05, 4.69) is 193 Å². The third kappa shape index (κ3) is 7.98. The number of imidazole rings is 1. The van der Waals surface area contributed by atoms with Gasteiger partial charge in [-0.1, -0.05) is 117 Å². The summed E-state index contributed by atoms with van der Waals surface area (Å²) in [6.07, 6.45) is 2.04. The number of pyridine rings is 1. The Bertz CT molecular complexity index is 3070. The Morgan fingerprint density at radius 3 is 2.14 bits per heavy atom. The van der Waals surface area contributed by atoms with E-state index in [0.717, 1.165) is 44.8 Å². The molecule has 0 saturated carbocycles. The maximum Gasteiger partial charge on any atom is 0 e. The van der Waals surface area contributed by atoms with Gasteiger partial charge in [0.1, 0.15) is 0 Å². The van der Waals surface area contributed by atoms with Gasteiger partial charge in [-0.25, -0.2) is 0 Å². The van der Waals surface area contributed by atoms with E-state index in [1.165, 1.54) is 46.6 Å². The van der Waals surface area contributed by atoms with Gasteiger partial charge in [0.25, 0.3) is 0 Å². The van der Waals surface area contributed by atoms with E-state index in [9.17, 15) is 0 Å². The van der Waals surface area contributed by atoms with Crippen molar-refractivity contribution < 1.29 is 20.1 Å². The zero-order valence-electron chi connectivity index (χ0n) is 34.2. The Morgan fingerprint density at radius 2 is 1.41 bits per heavy atom. The fourth-order valence-electron chi connectivity index (χ4n) is 7.68. The number of nitrogens with zero attached hydrogens (tertiary/aromatic N) is 3. The van der Waals surface area contributed by atoms with E-state index in [1.54, 1.807) is 0 Å². The third-order valence-electron chi connectivity index (χ3n) is 10.9. The Morgan fingerprint density at radius 1 is 0.661 bits per heavy atom. The minimum absolute atomic E-state index is 0. The first kappa shape index (κ1) is 40.6. The Balaban J connectivity index is 0.000000240. The summed E-state index contributed by atoms with van der Waals surface area (Å²) in [5.41, 5.74) is 10.0. The zero-order valence-corrected chi connectivity index (χ0v) is 39.5.